The minimum absolute atomic E-state index is 0.00158. The number of nitrogens with two attached hydrogens (primary N) is 1. The van der Waals surface area contributed by atoms with Gasteiger partial charge in [-0.1, -0.05) is 44.2 Å². The molecule has 0 radical (unpaired) electrons. The lowest BCUT2D eigenvalue weighted by molar-refractivity contribution is -0.116. The topological polar surface area (TPSA) is 141 Å². The molecule has 2 heterocycles. The van der Waals surface area contributed by atoms with E-state index in [2.05, 4.69) is 15.2 Å². The van der Waals surface area contributed by atoms with Gasteiger partial charge in [0.05, 0.1) is 18.6 Å². The Morgan fingerprint density at radius 1 is 1.24 bits per heavy atom. The fourth-order valence-electron chi connectivity index (χ4n) is 3.48. The second kappa shape index (κ2) is 11.5. The van der Waals surface area contributed by atoms with Gasteiger partial charge >= 0.3 is 5.69 Å². The molecule has 11 nitrogen and oxygen atoms in total. The number of carbonyl (C=O) groups is 1. The van der Waals surface area contributed by atoms with Gasteiger partial charge in [0.15, 0.2) is 10.8 Å². The van der Waals surface area contributed by atoms with Crippen molar-refractivity contribution in [3.8, 4) is 11.4 Å². The molecule has 34 heavy (non-hydrogen) atoms. The molecule has 0 aliphatic rings. The van der Waals surface area contributed by atoms with Crippen molar-refractivity contribution in [3.05, 3.63) is 51.4 Å². The van der Waals surface area contributed by atoms with E-state index in [1.165, 1.54) is 21.2 Å². The van der Waals surface area contributed by atoms with Gasteiger partial charge in [0, 0.05) is 13.1 Å². The number of hydrogen-bond donors (Lipinski definition) is 2. The summed E-state index contributed by atoms with van der Waals surface area (Å²) in [6.45, 7) is 4.51. The van der Waals surface area contributed by atoms with Gasteiger partial charge < -0.3 is 15.4 Å². The zero-order chi connectivity index (χ0) is 24.7. The number of benzene rings is 1. The summed E-state index contributed by atoms with van der Waals surface area (Å²) in [6, 6.07) is 7.40. The second-order valence-corrected chi connectivity index (χ2v) is 8.43. The predicted molar refractivity (Wildman–Crippen MR) is 132 cm³/mol. The van der Waals surface area contributed by atoms with E-state index in [9.17, 15) is 14.4 Å². The number of nitrogens with zero attached hydrogens (tertiary/aromatic N) is 5. The van der Waals surface area contributed by atoms with Crippen molar-refractivity contribution in [3.63, 3.8) is 0 Å². The molecule has 2 aromatic heterocycles. The monoisotopic (exact) mass is 487 g/mol. The van der Waals surface area contributed by atoms with Crippen LogP contribution in [0.15, 0.2) is 45.3 Å². The van der Waals surface area contributed by atoms with Gasteiger partial charge in [-0.25, -0.2) is 4.79 Å². The number of aromatic nitrogens is 5. The summed E-state index contributed by atoms with van der Waals surface area (Å²) in [7, 11) is 1.57. The first-order valence-electron chi connectivity index (χ1n) is 11.0. The largest absolute Gasteiger partial charge is 0.495 e. The van der Waals surface area contributed by atoms with Crippen molar-refractivity contribution in [2.24, 2.45) is 0 Å². The lowest BCUT2D eigenvalue weighted by Gasteiger charge is -2.24. The number of hydrogen-bond acceptors (Lipinski definition) is 8. The van der Waals surface area contributed by atoms with Crippen LogP contribution in [0.2, 0.25) is 0 Å². The number of H-pyrrole nitrogens is 1. The van der Waals surface area contributed by atoms with E-state index in [4.69, 9.17) is 10.5 Å². The Hall–Kier alpha value is -3.54. The lowest BCUT2D eigenvalue weighted by atomic mass is 10.2. The number of nitrogens with one attached hydrogen (secondary N) is 1. The fourth-order valence-corrected chi connectivity index (χ4v) is 4.28. The number of amides is 1. The van der Waals surface area contributed by atoms with Crippen LogP contribution >= 0.6 is 11.8 Å². The minimum Gasteiger partial charge on any atom is -0.495 e. The van der Waals surface area contributed by atoms with Gasteiger partial charge in [-0.3, -0.25) is 23.7 Å². The number of thioether (sulfide) groups is 1. The van der Waals surface area contributed by atoms with E-state index in [0.29, 0.717) is 36.8 Å². The number of aromatic amines is 1. The first-order chi connectivity index (χ1) is 16.4. The van der Waals surface area contributed by atoms with Gasteiger partial charge in [0.25, 0.3) is 5.56 Å². The third-order valence-corrected chi connectivity index (χ3v) is 6.08. The lowest BCUT2D eigenvalue weighted by Crippen LogP contribution is -2.42. The molecule has 3 N–H and O–H groups in total. The van der Waals surface area contributed by atoms with Crippen molar-refractivity contribution in [1.29, 1.82) is 0 Å². The van der Waals surface area contributed by atoms with Crippen molar-refractivity contribution >= 4 is 29.2 Å². The summed E-state index contributed by atoms with van der Waals surface area (Å²) in [6.07, 6.45) is 3.67. The maximum Gasteiger partial charge on any atom is 0.330 e. The van der Waals surface area contributed by atoms with Crippen LogP contribution in [-0.2, 0) is 11.3 Å². The summed E-state index contributed by atoms with van der Waals surface area (Å²) in [5, 5.41) is 8.60. The van der Waals surface area contributed by atoms with E-state index in [1.807, 2.05) is 38.1 Å². The average Bonchev–Trinajstić information content (AvgIpc) is 3.30. The minimum atomic E-state index is -0.679. The third-order valence-electron chi connectivity index (χ3n) is 5.15. The van der Waals surface area contributed by atoms with E-state index < -0.39 is 11.2 Å². The molecule has 1 amide bonds. The molecule has 0 atom stereocenters. The molecule has 0 aliphatic heterocycles. The summed E-state index contributed by atoms with van der Waals surface area (Å²) in [5.41, 5.74) is 5.67. The molecule has 0 bridgehead atoms. The first-order valence-corrected chi connectivity index (χ1v) is 12.0. The second-order valence-electron chi connectivity index (χ2n) is 7.49. The molecule has 0 unspecified atom stereocenters. The molecule has 0 aliphatic carbocycles. The Balaban J connectivity index is 1.90. The van der Waals surface area contributed by atoms with Crippen LogP contribution in [-0.4, -0.2) is 49.6 Å². The number of nitrogen functional groups attached to an aromatic ring is 1. The number of methoxy groups -OCH3 is 1. The third kappa shape index (κ3) is 5.33. The standard InChI is InChI=1S/C22H29N7O4S/c1-4-6-12-27(18-19(23)28(11-5-2)21(32)25-20(18)31)17(30)13-34-22-26-24-14-29(22)15-9-7-8-10-16(15)33-3/h7-10,14H,4-6,11-13,23H2,1-3H3,(H,25,31,32). The fraction of sp³-hybridized carbons (Fsp3) is 0.409. The summed E-state index contributed by atoms with van der Waals surface area (Å²) in [5.74, 6) is 0.287. The predicted octanol–water partition coefficient (Wildman–Crippen LogP) is 2.04. The molecule has 182 valence electrons. The first kappa shape index (κ1) is 25.1. The molecule has 0 saturated carbocycles. The van der Waals surface area contributed by atoms with E-state index in [-0.39, 0.29) is 23.2 Å². The normalized spacial score (nSPS) is 10.9. The molecule has 3 rings (SSSR count). The molecule has 0 spiro atoms. The Bertz CT molecular complexity index is 1250. The Morgan fingerprint density at radius 3 is 2.71 bits per heavy atom. The zero-order valence-corrected chi connectivity index (χ0v) is 20.3. The smallest absolute Gasteiger partial charge is 0.330 e. The maximum absolute atomic E-state index is 13.3. The number of carbonyl (C=O) groups excluding carboxylic acids is 1. The van der Waals surface area contributed by atoms with Crippen LogP contribution in [0.1, 0.15) is 33.1 Å². The van der Waals surface area contributed by atoms with Crippen LogP contribution in [0.5, 0.6) is 5.75 Å². The summed E-state index contributed by atoms with van der Waals surface area (Å²) < 4.78 is 8.43. The molecule has 0 fully saturated rings. The maximum atomic E-state index is 13.3. The highest BCUT2D eigenvalue weighted by Gasteiger charge is 2.24. The number of rotatable bonds is 11. The highest BCUT2D eigenvalue weighted by atomic mass is 32.2. The zero-order valence-electron chi connectivity index (χ0n) is 19.5. The van der Waals surface area contributed by atoms with Crippen LogP contribution in [0.3, 0.4) is 0 Å². The van der Waals surface area contributed by atoms with Crippen molar-refractivity contribution in [2.45, 2.75) is 44.8 Å². The van der Waals surface area contributed by atoms with Crippen molar-refractivity contribution < 1.29 is 9.53 Å². The van der Waals surface area contributed by atoms with Gasteiger partial charge in [0.2, 0.25) is 5.91 Å². The quantitative estimate of drug-likeness (QED) is 0.392. The van der Waals surface area contributed by atoms with Crippen molar-refractivity contribution in [1.82, 2.24) is 24.3 Å². The SMILES string of the molecule is CCCCN(C(=O)CSc1nncn1-c1ccccc1OC)c1c(N)n(CCC)c(=O)[nH]c1=O. The summed E-state index contributed by atoms with van der Waals surface area (Å²) in [4.78, 5) is 41.8. The molecule has 3 aromatic rings. The number of anilines is 2. The molecular weight excluding hydrogens is 458 g/mol. The Morgan fingerprint density at radius 2 is 2.00 bits per heavy atom. The molecule has 0 saturated heterocycles. The molecule has 12 heteroatoms. The van der Waals surface area contributed by atoms with Gasteiger partial charge in [-0.15, -0.1) is 10.2 Å². The molecular formula is C22H29N7O4S. The Labute approximate surface area is 200 Å². The van der Waals surface area contributed by atoms with Gasteiger partial charge in [0.1, 0.15) is 17.9 Å². The highest BCUT2D eigenvalue weighted by molar-refractivity contribution is 7.99. The highest BCUT2D eigenvalue weighted by Crippen LogP contribution is 2.27. The van der Waals surface area contributed by atoms with Crippen LogP contribution < -0.4 is 26.6 Å². The van der Waals surface area contributed by atoms with Gasteiger partial charge in [-0.05, 0) is 25.0 Å². The van der Waals surface area contributed by atoms with Crippen LogP contribution in [0.25, 0.3) is 5.69 Å². The van der Waals surface area contributed by atoms with E-state index in [0.717, 1.165) is 12.1 Å². The van der Waals surface area contributed by atoms with Crippen LogP contribution in [0.4, 0.5) is 11.5 Å². The average molecular weight is 488 g/mol. The molecule has 1 aromatic carbocycles. The van der Waals surface area contributed by atoms with Crippen molar-refractivity contribution in [2.75, 3.05) is 30.0 Å². The number of ether oxygens (including phenoxy) is 1. The number of unbranched alkanes of at least 4 members (excludes halogenated alkanes) is 1. The van der Waals surface area contributed by atoms with Gasteiger partial charge in [-0.2, -0.15) is 0 Å². The van der Waals surface area contributed by atoms with E-state index >= 15 is 0 Å². The summed E-state index contributed by atoms with van der Waals surface area (Å²) >= 11 is 1.18. The Kier molecular flexibility index (Phi) is 8.52. The van der Waals surface area contributed by atoms with Crippen LogP contribution in [0, 0.1) is 0 Å². The van der Waals surface area contributed by atoms with E-state index in [1.54, 1.807) is 18.0 Å². The number of para-hydroxylation sites is 2.